The Morgan fingerprint density at radius 2 is 1.43 bits per heavy atom. The number of rotatable bonds is 2. The summed E-state index contributed by atoms with van der Waals surface area (Å²) in [5.41, 5.74) is 12.8. The van der Waals surface area contributed by atoms with Crippen molar-refractivity contribution in [2.24, 2.45) is 11.5 Å². The molecule has 2 aromatic rings. The van der Waals surface area contributed by atoms with Gasteiger partial charge in [0.25, 0.3) is 0 Å². The molecule has 1 aromatic carbocycles. The van der Waals surface area contributed by atoms with E-state index in [2.05, 4.69) is 40.2 Å². The van der Waals surface area contributed by atoms with Gasteiger partial charge in [-0.1, -0.05) is 67.9 Å². The molecule has 0 spiro atoms. The van der Waals surface area contributed by atoms with E-state index in [1.165, 1.54) is 22.7 Å². The second-order valence-corrected chi connectivity index (χ2v) is 4.64. The van der Waals surface area contributed by atoms with Gasteiger partial charge in [-0.15, -0.1) is 0 Å². The van der Waals surface area contributed by atoms with Crippen LogP contribution in [0.2, 0.25) is 0 Å². The summed E-state index contributed by atoms with van der Waals surface area (Å²) < 4.78 is 3.94. The predicted octanol–water partition coefficient (Wildman–Crippen LogP) is 2.87. The maximum absolute atomic E-state index is 5.22. The van der Waals surface area contributed by atoms with Gasteiger partial charge >= 0.3 is 0 Å². The molecule has 0 aliphatic carbocycles. The summed E-state index contributed by atoms with van der Waals surface area (Å²) in [4.78, 5) is 0. The minimum atomic E-state index is 0.442. The number of hydrogen-bond acceptors (Lipinski definition) is 4. The minimum absolute atomic E-state index is 0.442. The lowest BCUT2D eigenvalue weighted by Crippen LogP contribution is -1.93. The van der Waals surface area contributed by atoms with Crippen molar-refractivity contribution in [2.45, 2.75) is 26.7 Å². The van der Waals surface area contributed by atoms with Crippen molar-refractivity contribution in [1.82, 2.24) is 4.37 Å². The molecule has 1 aromatic heterocycles. The molecule has 0 fully saturated rings. The number of benzene rings is 1. The Bertz CT molecular complexity index is 599. The van der Waals surface area contributed by atoms with Crippen molar-refractivity contribution < 1.29 is 0 Å². The van der Waals surface area contributed by atoms with E-state index in [-0.39, 0.29) is 0 Å². The van der Waals surface area contributed by atoms with Gasteiger partial charge in [-0.3, -0.25) is 0 Å². The van der Waals surface area contributed by atoms with E-state index in [1.807, 2.05) is 43.6 Å². The van der Waals surface area contributed by atoms with E-state index in [1.54, 1.807) is 0 Å². The van der Waals surface area contributed by atoms with E-state index < -0.39 is 0 Å². The van der Waals surface area contributed by atoms with Crippen LogP contribution in [-0.2, 0) is 12.8 Å². The summed E-state index contributed by atoms with van der Waals surface area (Å²) in [5.74, 6) is 11.5. The maximum atomic E-state index is 5.22. The highest BCUT2D eigenvalue weighted by Crippen LogP contribution is 2.00. The van der Waals surface area contributed by atoms with Gasteiger partial charge in [0.05, 0.1) is 13.1 Å². The molecule has 1 heterocycles. The van der Waals surface area contributed by atoms with Crippen LogP contribution < -0.4 is 11.5 Å². The highest BCUT2D eigenvalue weighted by molar-refractivity contribution is 7.03. The highest BCUT2D eigenvalue weighted by atomic mass is 32.1. The van der Waals surface area contributed by atoms with Crippen molar-refractivity contribution in [3.05, 3.63) is 53.0 Å². The highest BCUT2D eigenvalue weighted by Gasteiger charge is 1.87. The Morgan fingerprint density at radius 3 is 1.91 bits per heavy atom. The Kier molecular flexibility index (Phi) is 14.8. The lowest BCUT2D eigenvalue weighted by molar-refractivity contribution is 1.27. The zero-order chi connectivity index (χ0) is 17.2. The third kappa shape index (κ3) is 12.1. The van der Waals surface area contributed by atoms with Crippen LogP contribution in [0.15, 0.2) is 41.9 Å². The summed E-state index contributed by atoms with van der Waals surface area (Å²) >= 11 is 1.45. The second kappa shape index (κ2) is 16.3. The van der Waals surface area contributed by atoms with Crippen molar-refractivity contribution in [2.75, 3.05) is 13.1 Å². The molecule has 0 aliphatic heterocycles. The summed E-state index contributed by atoms with van der Waals surface area (Å²) in [6, 6.07) is 10.1. The normalized spacial score (nSPS) is 8.00. The Morgan fingerprint density at radius 1 is 0.870 bits per heavy atom. The first-order valence-electron chi connectivity index (χ1n) is 7.60. The van der Waals surface area contributed by atoms with Gasteiger partial charge in [0.15, 0.2) is 0 Å². The van der Waals surface area contributed by atoms with Gasteiger partial charge in [-0.05, 0) is 22.7 Å². The van der Waals surface area contributed by atoms with Gasteiger partial charge in [-0.25, -0.2) is 4.37 Å². The van der Waals surface area contributed by atoms with E-state index in [0.29, 0.717) is 13.1 Å². The molecule has 0 aliphatic rings. The molecule has 122 valence electrons. The molecular formula is C19H25N3S. The predicted molar refractivity (Wildman–Crippen MR) is 101 cm³/mol. The minimum Gasteiger partial charge on any atom is -0.320 e. The molecule has 0 bridgehead atoms. The van der Waals surface area contributed by atoms with Crippen LogP contribution in [0.5, 0.6) is 0 Å². The van der Waals surface area contributed by atoms with Gasteiger partial charge in [0.2, 0.25) is 0 Å². The number of nitrogens with two attached hydrogens (primary N) is 2. The Labute approximate surface area is 144 Å². The maximum Gasteiger partial charge on any atom is 0.0551 e. The van der Waals surface area contributed by atoms with Gasteiger partial charge in [0.1, 0.15) is 0 Å². The van der Waals surface area contributed by atoms with Crippen LogP contribution in [0.1, 0.15) is 25.0 Å². The first kappa shape index (κ1) is 20.9. The molecule has 0 radical (unpaired) electrons. The smallest absolute Gasteiger partial charge is 0.0551 e. The monoisotopic (exact) mass is 327 g/mol. The fourth-order valence-corrected chi connectivity index (χ4v) is 1.92. The van der Waals surface area contributed by atoms with E-state index in [9.17, 15) is 0 Å². The van der Waals surface area contributed by atoms with Crippen LogP contribution in [0.25, 0.3) is 0 Å². The van der Waals surface area contributed by atoms with Gasteiger partial charge in [0, 0.05) is 24.4 Å². The van der Waals surface area contributed by atoms with Crippen LogP contribution in [-0.4, -0.2) is 17.5 Å². The van der Waals surface area contributed by atoms with Gasteiger partial charge in [-0.2, -0.15) is 0 Å². The second-order valence-electron chi connectivity index (χ2n) is 3.99. The fourth-order valence-electron chi connectivity index (χ4n) is 1.38. The molecule has 0 atom stereocenters. The van der Waals surface area contributed by atoms with Crippen molar-refractivity contribution in [1.29, 1.82) is 0 Å². The Balaban J connectivity index is 0.000000381. The third-order valence-electron chi connectivity index (χ3n) is 2.37. The number of aromatic nitrogens is 1. The largest absolute Gasteiger partial charge is 0.320 e. The molecule has 3 nitrogen and oxygen atoms in total. The zero-order valence-electron chi connectivity index (χ0n) is 13.9. The number of hydrogen-bond donors (Lipinski definition) is 2. The molecule has 4 N–H and O–H groups in total. The summed E-state index contributed by atoms with van der Waals surface area (Å²) in [5, 5.41) is 1.99. The average molecular weight is 327 g/mol. The summed E-state index contributed by atoms with van der Waals surface area (Å²) in [6.07, 6.45) is 3.40. The van der Waals surface area contributed by atoms with Gasteiger partial charge < -0.3 is 11.5 Å². The lowest BCUT2D eigenvalue weighted by atomic mass is 10.2. The molecular weight excluding hydrogens is 302 g/mol. The topological polar surface area (TPSA) is 64.9 Å². The standard InChI is InChI=1S/C10H11N.C7H8N2S.C2H6/c11-9-5-4-8-10-6-2-1-3-7-10;8-4-2-1-3-7-5-9-10-6-7;1-2/h1-3,6-7H,8-9,11H2;5-6H,3-4,8H2;1-2H3. The Hall–Kier alpha value is -2.11. The first-order chi connectivity index (χ1) is 11.4. The fraction of sp³-hybridized carbons (Fsp3) is 0.316. The van der Waals surface area contributed by atoms with Crippen LogP contribution in [0, 0.1) is 23.7 Å². The quantitative estimate of drug-likeness (QED) is 0.834. The third-order valence-corrected chi connectivity index (χ3v) is 3.00. The molecule has 0 saturated carbocycles. The van der Waals surface area contributed by atoms with Crippen LogP contribution >= 0.6 is 11.5 Å². The van der Waals surface area contributed by atoms with E-state index >= 15 is 0 Å². The summed E-state index contributed by atoms with van der Waals surface area (Å²) in [6.45, 7) is 4.89. The first-order valence-corrected chi connectivity index (χ1v) is 8.44. The molecule has 23 heavy (non-hydrogen) atoms. The van der Waals surface area contributed by atoms with Crippen molar-refractivity contribution >= 4 is 11.5 Å². The number of nitrogens with zero attached hydrogens (tertiary/aromatic N) is 1. The molecule has 0 amide bonds. The van der Waals surface area contributed by atoms with E-state index in [0.717, 1.165) is 12.8 Å². The SMILES string of the molecule is CC.NCC#CCc1ccccc1.NCC#CCc1cnsc1. The average Bonchev–Trinajstić information content (AvgIpc) is 3.12. The van der Waals surface area contributed by atoms with Crippen LogP contribution in [0.3, 0.4) is 0 Å². The zero-order valence-corrected chi connectivity index (χ0v) is 14.7. The summed E-state index contributed by atoms with van der Waals surface area (Å²) in [7, 11) is 0. The molecule has 2 rings (SSSR count). The van der Waals surface area contributed by atoms with E-state index in [4.69, 9.17) is 11.5 Å². The lowest BCUT2D eigenvalue weighted by Gasteiger charge is -1.90. The van der Waals surface area contributed by atoms with Crippen molar-refractivity contribution in [3.63, 3.8) is 0 Å². The molecule has 0 saturated heterocycles. The van der Waals surface area contributed by atoms with Crippen LogP contribution in [0.4, 0.5) is 0 Å². The molecule has 4 heteroatoms. The van der Waals surface area contributed by atoms with Crippen molar-refractivity contribution in [3.8, 4) is 23.7 Å². The molecule has 0 unspecified atom stereocenters.